The molecule has 0 aromatic carbocycles. The first kappa shape index (κ1) is 10.6. The molecular weight excluding hydrogens is 198 g/mol. The van der Waals surface area contributed by atoms with Crippen LogP contribution in [0.15, 0.2) is 0 Å². The summed E-state index contributed by atoms with van der Waals surface area (Å²) in [6.07, 6.45) is 7.85. The standard InChI is InChI=1S/C14H23NO/c1-3-15(2)13(16)14-7-10-4-11(8-14)6-12(5-10)9-14/h10-12H,3-9H2,1-2H3. The second-order valence-electron chi connectivity index (χ2n) is 6.52. The van der Waals surface area contributed by atoms with E-state index in [0.29, 0.717) is 5.91 Å². The first-order valence-corrected chi connectivity index (χ1v) is 6.88. The third-order valence-corrected chi connectivity index (χ3v) is 5.31. The Hall–Kier alpha value is -0.530. The number of rotatable bonds is 2. The van der Waals surface area contributed by atoms with Crippen molar-refractivity contribution < 1.29 is 4.79 Å². The maximum absolute atomic E-state index is 12.6. The van der Waals surface area contributed by atoms with Gasteiger partial charge in [-0.1, -0.05) is 0 Å². The number of carbonyl (C=O) groups excluding carboxylic acids is 1. The Bertz CT molecular complexity index is 275. The van der Waals surface area contributed by atoms with Gasteiger partial charge in [0.15, 0.2) is 0 Å². The fourth-order valence-corrected chi connectivity index (χ4v) is 4.92. The van der Waals surface area contributed by atoms with Crippen molar-refractivity contribution in [3.8, 4) is 0 Å². The minimum atomic E-state index is 0.0690. The Kier molecular flexibility index (Phi) is 2.31. The number of nitrogens with zero attached hydrogens (tertiary/aromatic N) is 1. The lowest BCUT2D eigenvalue weighted by Gasteiger charge is -2.56. The lowest BCUT2D eigenvalue weighted by Crippen LogP contribution is -2.53. The highest BCUT2D eigenvalue weighted by atomic mass is 16.2. The molecule has 16 heavy (non-hydrogen) atoms. The quantitative estimate of drug-likeness (QED) is 0.702. The van der Waals surface area contributed by atoms with E-state index in [1.165, 1.54) is 38.5 Å². The van der Waals surface area contributed by atoms with E-state index < -0.39 is 0 Å². The predicted molar refractivity (Wildman–Crippen MR) is 63.9 cm³/mol. The van der Waals surface area contributed by atoms with E-state index in [0.717, 1.165) is 24.3 Å². The second kappa shape index (κ2) is 3.48. The van der Waals surface area contributed by atoms with Crippen molar-refractivity contribution in [3.05, 3.63) is 0 Å². The van der Waals surface area contributed by atoms with Gasteiger partial charge in [0.2, 0.25) is 5.91 Å². The van der Waals surface area contributed by atoms with Gasteiger partial charge in [-0.25, -0.2) is 0 Å². The van der Waals surface area contributed by atoms with Crippen LogP contribution in [-0.2, 0) is 4.79 Å². The number of carbonyl (C=O) groups is 1. The largest absolute Gasteiger partial charge is 0.346 e. The molecule has 90 valence electrons. The molecule has 0 radical (unpaired) electrons. The zero-order chi connectivity index (χ0) is 11.3. The zero-order valence-electron chi connectivity index (χ0n) is 10.5. The van der Waals surface area contributed by atoms with E-state index in [1.54, 1.807) is 0 Å². The van der Waals surface area contributed by atoms with Crippen LogP contribution in [0.1, 0.15) is 45.4 Å². The lowest BCUT2D eigenvalue weighted by molar-refractivity contribution is -0.156. The molecule has 0 aromatic heterocycles. The molecule has 4 aliphatic rings. The van der Waals surface area contributed by atoms with E-state index >= 15 is 0 Å². The van der Waals surface area contributed by atoms with E-state index in [2.05, 4.69) is 6.92 Å². The van der Waals surface area contributed by atoms with Crippen molar-refractivity contribution in [2.75, 3.05) is 13.6 Å². The summed E-state index contributed by atoms with van der Waals surface area (Å²) in [5.41, 5.74) is 0.0690. The third-order valence-electron chi connectivity index (χ3n) is 5.31. The molecule has 0 unspecified atom stereocenters. The average molecular weight is 221 g/mol. The fraction of sp³-hybridized carbons (Fsp3) is 0.929. The van der Waals surface area contributed by atoms with Crippen LogP contribution < -0.4 is 0 Å². The summed E-state index contributed by atoms with van der Waals surface area (Å²) in [5, 5.41) is 0. The summed E-state index contributed by atoms with van der Waals surface area (Å²) < 4.78 is 0. The predicted octanol–water partition coefficient (Wildman–Crippen LogP) is 2.68. The highest BCUT2D eigenvalue weighted by molar-refractivity contribution is 5.83. The summed E-state index contributed by atoms with van der Waals surface area (Å²) in [4.78, 5) is 14.5. The van der Waals surface area contributed by atoms with Crippen LogP contribution in [0.2, 0.25) is 0 Å². The molecule has 4 bridgehead atoms. The maximum atomic E-state index is 12.6. The molecule has 0 N–H and O–H groups in total. The molecule has 0 aromatic rings. The van der Waals surface area contributed by atoms with Gasteiger partial charge in [0.05, 0.1) is 5.41 Å². The Morgan fingerprint density at radius 2 is 1.56 bits per heavy atom. The highest BCUT2D eigenvalue weighted by Crippen LogP contribution is 2.60. The Balaban J connectivity index is 1.85. The summed E-state index contributed by atoms with van der Waals surface area (Å²) in [6, 6.07) is 0. The van der Waals surface area contributed by atoms with E-state index in [4.69, 9.17) is 0 Å². The van der Waals surface area contributed by atoms with Crippen molar-refractivity contribution >= 4 is 5.91 Å². The van der Waals surface area contributed by atoms with Gasteiger partial charge in [0, 0.05) is 13.6 Å². The molecule has 0 saturated heterocycles. The van der Waals surface area contributed by atoms with Crippen LogP contribution >= 0.6 is 0 Å². The van der Waals surface area contributed by atoms with Crippen LogP contribution in [0, 0.1) is 23.2 Å². The van der Waals surface area contributed by atoms with E-state index in [9.17, 15) is 4.79 Å². The van der Waals surface area contributed by atoms with Crippen molar-refractivity contribution in [3.63, 3.8) is 0 Å². The number of hydrogen-bond acceptors (Lipinski definition) is 1. The normalized spacial score (nSPS) is 44.8. The number of amides is 1. The molecule has 4 aliphatic carbocycles. The molecular formula is C14H23NO. The molecule has 4 saturated carbocycles. The maximum Gasteiger partial charge on any atom is 0.228 e. The van der Waals surface area contributed by atoms with Gasteiger partial charge in [-0.05, 0) is 63.2 Å². The van der Waals surface area contributed by atoms with Crippen molar-refractivity contribution in [1.82, 2.24) is 4.90 Å². The van der Waals surface area contributed by atoms with Gasteiger partial charge in [-0.2, -0.15) is 0 Å². The summed E-state index contributed by atoms with van der Waals surface area (Å²) in [5.74, 6) is 3.08. The first-order valence-electron chi connectivity index (χ1n) is 6.88. The van der Waals surface area contributed by atoms with Crippen LogP contribution in [0.3, 0.4) is 0 Å². The molecule has 0 aliphatic heterocycles. The molecule has 4 rings (SSSR count). The van der Waals surface area contributed by atoms with Crippen molar-refractivity contribution in [1.29, 1.82) is 0 Å². The molecule has 2 nitrogen and oxygen atoms in total. The Morgan fingerprint density at radius 3 is 1.94 bits per heavy atom. The fourth-order valence-electron chi connectivity index (χ4n) is 4.92. The lowest BCUT2D eigenvalue weighted by atomic mass is 9.49. The van der Waals surface area contributed by atoms with Crippen LogP contribution in [0.4, 0.5) is 0 Å². The van der Waals surface area contributed by atoms with Crippen LogP contribution in [0.25, 0.3) is 0 Å². The van der Waals surface area contributed by atoms with Gasteiger partial charge in [-0.15, -0.1) is 0 Å². The van der Waals surface area contributed by atoms with Gasteiger partial charge in [0.1, 0.15) is 0 Å². The summed E-state index contributed by atoms with van der Waals surface area (Å²) in [6.45, 7) is 2.94. The zero-order valence-corrected chi connectivity index (χ0v) is 10.5. The van der Waals surface area contributed by atoms with E-state index in [-0.39, 0.29) is 5.41 Å². The minimum Gasteiger partial charge on any atom is -0.346 e. The summed E-state index contributed by atoms with van der Waals surface area (Å²) in [7, 11) is 1.97. The topological polar surface area (TPSA) is 20.3 Å². The monoisotopic (exact) mass is 221 g/mol. The van der Waals surface area contributed by atoms with Crippen molar-refractivity contribution in [2.45, 2.75) is 45.4 Å². The van der Waals surface area contributed by atoms with E-state index in [1.807, 2.05) is 11.9 Å². The second-order valence-corrected chi connectivity index (χ2v) is 6.52. The van der Waals surface area contributed by atoms with Gasteiger partial charge < -0.3 is 4.90 Å². The van der Waals surface area contributed by atoms with Crippen molar-refractivity contribution in [2.24, 2.45) is 23.2 Å². The first-order chi connectivity index (χ1) is 7.63. The molecule has 0 spiro atoms. The molecule has 1 amide bonds. The SMILES string of the molecule is CCN(C)C(=O)C12CC3CC(CC(C3)C1)C2. The smallest absolute Gasteiger partial charge is 0.228 e. The van der Waals surface area contributed by atoms with Crippen LogP contribution in [0.5, 0.6) is 0 Å². The Morgan fingerprint density at radius 1 is 1.12 bits per heavy atom. The third kappa shape index (κ3) is 1.42. The molecule has 2 heteroatoms. The van der Waals surface area contributed by atoms with Crippen LogP contribution in [-0.4, -0.2) is 24.4 Å². The molecule has 0 heterocycles. The average Bonchev–Trinajstić information content (AvgIpc) is 2.25. The summed E-state index contributed by atoms with van der Waals surface area (Å²) >= 11 is 0. The number of hydrogen-bond donors (Lipinski definition) is 0. The highest BCUT2D eigenvalue weighted by Gasteiger charge is 2.55. The molecule has 4 fully saturated rings. The molecule has 0 atom stereocenters. The Labute approximate surface area is 98.4 Å². The minimum absolute atomic E-state index is 0.0690. The van der Waals surface area contributed by atoms with Gasteiger partial charge in [-0.3, -0.25) is 4.79 Å². The van der Waals surface area contributed by atoms with Gasteiger partial charge in [0.25, 0.3) is 0 Å². The van der Waals surface area contributed by atoms with Gasteiger partial charge >= 0.3 is 0 Å².